The molecule has 0 bridgehead atoms. The van der Waals surface area contributed by atoms with Crippen LogP contribution >= 0.6 is 0 Å². The van der Waals surface area contributed by atoms with Crippen molar-refractivity contribution >= 4 is 16.8 Å². The van der Waals surface area contributed by atoms with Crippen LogP contribution in [0.5, 0.6) is 0 Å². The van der Waals surface area contributed by atoms with E-state index in [-0.39, 0.29) is 0 Å². The summed E-state index contributed by atoms with van der Waals surface area (Å²) in [6.07, 6.45) is 10.5. The van der Waals surface area contributed by atoms with Crippen molar-refractivity contribution in [2.45, 2.75) is 57.5 Å². The van der Waals surface area contributed by atoms with E-state index in [0.29, 0.717) is 18.4 Å². The minimum atomic E-state index is 0.361. The average Bonchev–Trinajstić information content (AvgIpc) is 3.02. The number of hydrogen-bond donors (Lipinski definition) is 0. The molecule has 1 aliphatic carbocycles. The number of carbonyl (C=O) groups is 1. The summed E-state index contributed by atoms with van der Waals surface area (Å²) in [5.41, 5.74) is 1.23. The Hall–Kier alpha value is -1.77. The van der Waals surface area contributed by atoms with Crippen molar-refractivity contribution in [2.24, 2.45) is 5.92 Å². The number of likely N-dealkylation sites (tertiary alicyclic amines) is 1. The van der Waals surface area contributed by atoms with Crippen LogP contribution in [0.15, 0.2) is 36.5 Å². The molecule has 2 fully saturated rings. The zero-order valence-corrected chi connectivity index (χ0v) is 13.8. The topological polar surface area (TPSA) is 25.2 Å². The van der Waals surface area contributed by atoms with Crippen molar-refractivity contribution in [3.05, 3.63) is 36.5 Å². The second-order valence-corrected chi connectivity index (χ2v) is 7.16. The normalized spacial score (nSPS) is 24.6. The van der Waals surface area contributed by atoms with Gasteiger partial charge in [-0.25, -0.2) is 0 Å². The van der Waals surface area contributed by atoms with Gasteiger partial charge in [-0.2, -0.15) is 0 Å². The number of aryl methyl sites for hydroxylation is 1. The number of fused-ring (bicyclic) bond motifs is 2. The van der Waals surface area contributed by atoms with Crippen molar-refractivity contribution < 1.29 is 4.79 Å². The lowest BCUT2D eigenvalue weighted by Crippen LogP contribution is -2.49. The van der Waals surface area contributed by atoms with Crippen LogP contribution in [-0.4, -0.2) is 28.0 Å². The third-order valence-corrected chi connectivity index (χ3v) is 5.81. The van der Waals surface area contributed by atoms with Gasteiger partial charge in [0.1, 0.15) is 0 Å². The van der Waals surface area contributed by atoms with Gasteiger partial charge in [-0.05, 0) is 49.1 Å². The molecular formula is C20H26N2O. The van der Waals surface area contributed by atoms with Gasteiger partial charge in [-0.3, -0.25) is 4.79 Å². The van der Waals surface area contributed by atoms with E-state index in [1.807, 2.05) is 0 Å². The summed E-state index contributed by atoms with van der Waals surface area (Å²) in [7, 11) is 0. The minimum Gasteiger partial charge on any atom is -0.347 e. The van der Waals surface area contributed by atoms with Gasteiger partial charge in [0.2, 0.25) is 5.91 Å². The highest BCUT2D eigenvalue weighted by molar-refractivity contribution is 5.80. The van der Waals surface area contributed by atoms with Crippen LogP contribution in [0.25, 0.3) is 10.9 Å². The Labute approximate surface area is 138 Å². The van der Waals surface area contributed by atoms with E-state index in [2.05, 4.69) is 46.0 Å². The summed E-state index contributed by atoms with van der Waals surface area (Å²) in [5, 5.41) is 1.25. The van der Waals surface area contributed by atoms with Crippen molar-refractivity contribution in [1.29, 1.82) is 0 Å². The number of hydrogen-bond acceptors (Lipinski definition) is 1. The minimum absolute atomic E-state index is 0.361. The van der Waals surface area contributed by atoms with Crippen LogP contribution in [0.4, 0.5) is 0 Å². The Kier molecular flexibility index (Phi) is 4.11. The predicted molar refractivity (Wildman–Crippen MR) is 93.2 cm³/mol. The van der Waals surface area contributed by atoms with Gasteiger partial charge in [0, 0.05) is 37.3 Å². The molecule has 0 radical (unpaired) electrons. The molecule has 0 spiro atoms. The molecular weight excluding hydrogens is 284 g/mol. The van der Waals surface area contributed by atoms with Crippen molar-refractivity contribution in [2.75, 3.05) is 6.54 Å². The van der Waals surface area contributed by atoms with Gasteiger partial charge in [0.25, 0.3) is 0 Å². The number of benzene rings is 1. The lowest BCUT2D eigenvalue weighted by molar-refractivity contribution is -0.137. The van der Waals surface area contributed by atoms with Gasteiger partial charge < -0.3 is 9.47 Å². The Morgan fingerprint density at radius 1 is 1.04 bits per heavy atom. The molecule has 2 heterocycles. The maximum absolute atomic E-state index is 12.8. The lowest BCUT2D eigenvalue weighted by atomic mass is 9.78. The van der Waals surface area contributed by atoms with E-state index in [1.54, 1.807) is 0 Å². The maximum Gasteiger partial charge on any atom is 0.224 e. The van der Waals surface area contributed by atoms with Crippen LogP contribution in [0, 0.1) is 5.92 Å². The summed E-state index contributed by atoms with van der Waals surface area (Å²) in [5.74, 6) is 1.13. The molecule has 2 aromatic rings. The Bertz CT molecular complexity index is 688. The molecule has 1 aliphatic heterocycles. The lowest BCUT2D eigenvalue weighted by Gasteiger charge is -2.44. The molecule has 4 rings (SSSR count). The smallest absolute Gasteiger partial charge is 0.224 e. The van der Waals surface area contributed by atoms with E-state index in [4.69, 9.17) is 0 Å². The van der Waals surface area contributed by atoms with Crippen molar-refractivity contribution in [1.82, 2.24) is 9.47 Å². The van der Waals surface area contributed by atoms with Gasteiger partial charge in [0.15, 0.2) is 0 Å². The fourth-order valence-corrected chi connectivity index (χ4v) is 4.63. The molecule has 23 heavy (non-hydrogen) atoms. The maximum atomic E-state index is 12.8. The number of rotatable bonds is 3. The zero-order chi connectivity index (χ0) is 15.6. The molecule has 0 N–H and O–H groups in total. The summed E-state index contributed by atoms with van der Waals surface area (Å²) < 4.78 is 2.22. The highest BCUT2D eigenvalue weighted by Gasteiger charge is 2.35. The molecule has 1 amide bonds. The quantitative estimate of drug-likeness (QED) is 0.833. The SMILES string of the molecule is O=C(CCn1ccc2ccccc21)N1CCCC2CCCCC21. The molecule has 3 heteroatoms. The van der Waals surface area contributed by atoms with Crippen molar-refractivity contribution in [3.63, 3.8) is 0 Å². The summed E-state index contributed by atoms with van der Waals surface area (Å²) in [6, 6.07) is 11.1. The highest BCUT2D eigenvalue weighted by atomic mass is 16.2. The first-order valence-corrected chi connectivity index (χ1v) is 9.16. The van der Waals surface area contributed by atoms with E-state index in [0.717, 1.165) is 19.0 Å². The van der Waals surface area contributed by atoms with Gasteiger partial charge >= 0.3 is 0 Å². The first-order chi connectivity index (χ1) is 11.3. The van der Waals surface area contributed by atoms with Crippen LogP contribution in [0.3, 0.4) is 0 Å². The van der Waals surface area contributed by atoms with Crippen LogP contribution in [0.2, 0.25) is 0 Å². The third-order valence-electron chi connectivity index (χ3n) is 5.81. The number of piperidine rings is 1. The van der Waals surface area contributed by atoms with Gasteiger partial charge in [-0.1, -0.05) is 31.0 Å². The average molecular weight is 310 g/mol. The van der Waals surface area contributed by atoms with E-state index in [9.17, 15) is 4.79 Å². The molecule has 3 nitrogen and oxygen atoms in total. The fourth-order valence-electron chi connectivity index (χ4n) is 4.63. The summed E-state index contributed by atoms with van der Waals surface area (Å²) in [6.45, 7) is 1.77. The summed E-state index contributed by atoms with van der Waals surface area (Å²) in [4.78, 5) is 15.0. The van der Waals surface area contributed by atoms with E-state index < -0.39 is 0 Å². The molecule has 2 unspecified atom stereocenters. The summed E-state index contributed by atoms with van der Waals surface area (Å²) >= 11 is 0. The van der Waals surface area contributed by atoms with Crippen molar-refractivity contribution in [3.8, 4) is 0 Å². The molecule has 1 saturated carbocycles. The molecule has 1 aromatic heterocycles. The predicted octanol–water partition coefficient (Wildman–Crippen LogP) is 4.21. The second kappa shape index (κ2) is 6.38. The van der Waals surface area contributed by atoms with Gasteiger partial charge in [-0.15, -0.1) is 0 Å². The van der Waals surface area contributed by atoms with Crippen LogP contribution < -0.4 is 0 Å². The third kappa shape index (κ3) is 2.89. The molecule has 122 valence electrons. The largest absolute Gasteiger partial charge is 0.347 e. The first-order valence-electron chi connectivity index (χ1n) is 9.16. The van der Waals surface area contributed by atoms with Gasteiger partial charge in [0.05, 0.1) is 0 Å². The van der Waals surface area contributed by atoms with E-state index in [1.165, 1.54) is 49.4 Å². The number of nitrogens with zero attached hydrogens (tertiary/aromatic N) is 2. The Morgan fingerprint density at radius 2 is 1.87 bits per heavy atom. The zero-order valence-electron chi connectivity index (χ0n) is 13.8. The fraction of sp³-hybridized carbons (Fsp3) is 0.550. The van der Waals surface area contributed by atoms with Crippen LogP contribution in [-0.2, 0) is 11.3 Å². The Balaban J connectivity index is 1.43. The number of para-hydroxylation sites is 1. The monoisotopic (exact) mass is 310 g/mol. The second-order valence-electron chi connectivity index (χ2n) is 7.16. The highest BCUT2D eigenvalue weighted by Crippen LogP contribution is 2.35. The number of carbonyl (C=O) groups excluding carboxylic acids is 1. The van der Waals surface area contributed by atoms with Crippen LogP contribution in [0.1, 0.15) is 44.9 Å². The molecule has 1 saturated heterocycles. The number of amides is 1. The Morgan fingerprint density at radius 3 is 2.83 bits per heavy atom. The molecule has 2 atom stereocenters. The standard InChI is InChI=1S/C20H26N2O/c23-20(22-13-5-8-16-6-2-4-10-19(16)22)12-15-21-14-11-17-7-1-3-9-18(17)21/h1,3,7,9,11,14,16,19H,2,4-6,8,10,12-13,15H2. The molecule has 2 aliphatic rings. The first kappa shape index (κ1) is 14.8. The number of aromatic nitrogens is 1. The molecule has 1 aromatic carbocycles. The van der Waals surface area contributed by atoms with E-state index >= 15 is 0 Å².